The van der Waals surface area contributed by atoms with Crippen molar-refractivity contribution in [2.45, 2.75) is 25.8 Å². The van der Waals surface area contributed by atoms with Gasteiger partial charge in [0, 0.05) is 11.6 Å². The van der Waals surface area contributed by atoms with Gasteiger partial charge in [-0.1, -0.05) is 36.4 Å². The fourth-order valence-corrected chi connectivity index (χ4v) is 2.61. The fourth-order valence-electron chi connectivity index (χ4n) is 2.61. The van der Waals surface area contributed by atoms with Crippen LogP contribution in [0.4, 0.5) is 0 Å². The maximum atomic E-state index is 5.97. The van der Waals surface area contributed by atoms with E-state index in [9.17, 15) is 0 Å². The summed E-state index contributed by atoms with van der Waals surface area (Å²) in [6.45, 7) is 2.83. The van der Waals surface area contributed by atoms with Crippen molar-refractivity contribution < 1.29 is 4.74 Å². The molecule has 1 aliphatic heterocycles. The minimum atomic E-state index is 0.0559. The second-order valence-electron chi connectivity index (χ2n) is 5.16. The molecule has 19 heavy (non-hydrogen) atoms. The summed E-state index contributed by atoms with van der Waals surface area (Å²) < 4.78 is 5.88. The minimum Gasteiger partial charge on any atom is -0.493 e. The summed E-state index contributed by atoms with van der Waals surface area (Å²) >= 11 is 0. The van der Waals surface area contributed by atoms with Gasteiger partial charge in [-0.2, -0.15) is 0 Å². The number of rotatable bonds is 2. The maximum absolute atomic E-state index is 5.97. The molecule has 0 saturated heterocycles. The molecule has 1 unspecified atom stereocenters. The summed E-state index contributed by atoms with van der Waals surface area (Å²) in [5.41, 5.74) is 10.8. The molecule has 0 aliphatic carbocycles. The molecule has 1 aliphatic rings. The highest BCUT2D eigenvalue weighted by Gasteiger charge is 2.15. The highest BCUT2D eigenvalue weighted by Crippen LogP contribution is 2.36. The number of aryl methyl sites for hydroxylation is 1. The van der Waals surface area contributed by atoms with Crippen LogP contribution >= 0.6 is 0 Å². The summed E-state index contributed by atoms with van der Waals surface area (Å²) in [6, 6.07) is 14.9. The zero-order valence-corrected chi connectivity index (χ0v) is 11.2. The number of para-hydroxylation sites is 1. The molecule has 98 valence electrons. The van der Waals surface area contributed by atoms with Crippen molar-refractivity contribution in [3.63, 3.8) is 0 Å². The monoisotopic (exact) mass is 253 g/mol. The Bertz CT molecular complexity index is 590. The van der Waals surface area contributed by atoms with Crippen LogP contribution < -0.4 is 10.5 Å². The van der Waals surface area contributed by atoms with Crippen LogP contribution in [0.15, 0.2) is 42.5 Å². The molecule has 1 heterocycles. The van der Waals surface area contributed by atoms with Crippen molar-refractivity contribution in [3.8, 4) is 16.9 Å². The van der Waals surface area contributed by atoms with Gasteiger partial charge in [0.15, 0.2) is 0 Å². The average molecular weight is 253 g/mol. The molecule has 0 aromatic heterocycles. The minimum absolute atomic E-state index is 0.0559. The molecule has 0 amide bonds. The Balaban J connectivity index is 2.09. The summed E-state index contributed by atoms with van der Waals surface area (Å²) in [6.07, 6.45) is 2.21. The van der Waals surface area contributed by atoms with Crippen molar-refractivity contribution in [1.29, 1.82) is 0 Å². The van der Waals surface area contributed by atoms with E-state index in [1.54, 1.807) is 0 Å². The molecule has 0 spiro atoms. The van der Waals surface area contributed by atoms with Crippen LogP contribution in [-0.4, -0.2) is 6.61 Å². The van der Waals surface area contributed by atoms with Crippen molar-refractivity contribution in [3.05, 3.63) is 53.6 Å². The molecule has 0 saturated carbocycles. The molecule has 2 heteroatoms. The number of hydrogen-bond acceptors (Lipinski definition) is 2. The van der Waals surface area contributed by atoms with E-state index in [1.165, 1.54) is 16.7 Å². The molecular weight excluding hydrogens is 234 g/mol. The Morgan fingerprint density at radius 2 is 2.00 bits per heavy atom. The highest BCUT2D eigenvalue weighted by molar-refractivity contribution is 5.73. The third-order valence-electron chi connectivity index (χ3n) is 3.66. The summed E-state index contributed by atoms with van der Waals surface area (Å²) in [4.78, 5) is 0. The lowest BCUT2D eigenvalue weighted by Crippen LogP contribution is -2.09. The molecule has 0 radical (unpaired) electrons. The van der Waals surface area contributed by atoms with Crippen molar-refractivity contribution >= 4 is 0 Å². The van der Waals surface area contributed by atoms with Gasteiger partial charge < -0.3 is 10.5 Å². The van der Waals surface area contributed by atoms with Crippen LogP contribution in [0.5, 0.6) is 5.75 Å². The van der Waals surface area contributed by atoms with Gasteiger partial charge in [0.05, 0.1) is 6.61 Å². The van der Waals surface area contributed by atoms with Crippen LogP contribution in [0.1, 0.15) is 30.5 Å². The summed E-state index contributed by atoms with van der Waals surface area (Å²) in [5.74, 6) is 1.05. The normalized spacial score (nSPS) is 15.5. The third kappa shape index (κ3) is 2.36. The molecule has 2 aromatic rings. The smallest absolute Gasteiger partial charge is 0.130 e. The SMILES string of the molecule is CC(N)c1cccc(-c2cccc3c2OCCC3)c1. The molecule has 2 aromatic carbocycles. The number of ether oxygens (including phenoxy) is 1. The van der Waals surface area contributed by atoms with Gasteiger partial charge in [-0.05, 0) is 42.5 Å². The van der Waals surface area contributed by atoms with Gasteiger partial charge in [-0.25, -0.2) is 0 Å². The van der Waals surface area contributed by atoms with Crippen LogP contribution in [-0.2, 0) is 6.42 Å². The van der Waals surface area contributed by atoms with E-state index in [-0.39, 0.29) is 6.04 Å². The first-order valence-corrected chi connectivity index (χ1v) is 6.86. The van der Waals surface area contributed by atoms with E-state index in [0.717, 1.165) is 30.8 Å². The van der Waals surface area contributed by atoms with Gasteiger partial charge in [0.2, 0.25) is 0 Å². The van der Waals surface area contributed by atoms with E-state index in [0.29, 0.717) is 0 Å². The number of nitrogens with two attached hydrogens (primary N) is 1. The molecule has 0 bridgehead atoms. The third-order valence-corrected chi connectivity index (χ3v) is 3.66. The largest absolute Gasteiger partial charge is 0.493 e. The second kappa shape index (κ2) is 5.06. The number of benzene rings is 2. The van der Waals surface area contributed by atoms with E-state index < -0.39 is 0 Å². The summed E-state index contributed by atoms with van der Waals surface area (Å²) in [7, 11) is 0. The first kappa shape index (κ1) is 12.2. The van der Waals surface area contributed by atoms with Gasteiger partial charge in [-0.3, -0.25) is 0 Å². The topological polar surface area (TPSA) is 35.2 Å². The van der Waals surface area contributed by atoms with Gasteiger partial charge in [-0.15, -0.1) is 0 Å². The van der Waals surface area contributed by atoms with Crippen LogP contribution in [0.25, 0.3) is 11.1 Å². The van der Waals surface area contributed by atoms with Crippen LogP contribution in [0.2, 0.25) is 0 Å². The Labute approximate surface area is 114 Å². The van der Waals surface area contributed by atoms with Crippen LogP contribution in [0.3, 0.4) is 0 Å². The quantitative estimate of drug-likeness (QED) is 0.885. The molecular formula is C17H19NO. The first-order valence-electron chi connectivity index (χ1n) is 6.86. The Kier molecular flexibility index (Phi) is 3.26. The molecule has 0 fully saturated rings. The zero-order valence-electron chi connectivity index (χ0n) is 11.2. The van der Waals surface area contributed by atoms with Gasteiger partial charge in [0.25, 0.3) is 0 Å². The van der Waals surface area contributed by atoms with Crippen LogP contribution in [0, 0.1) is 0 Å². The predicted octanol–water partition coefficient (Wildman–Crippen LogP) is 3.70. The number of hydrogen-bond donors (Lipinski definition) is 1. The highest BCUT2D eigenvalue weighted by atomic mass is 16.5. The van der Waals surface area contributed by atoms with Gasteiger partial charge >= 0.3 is 0 Å². The molecule has 2 nitrogen and oxygen atoms in total. The maximum Gasteiger partial charge on any atom is 0.130 e. The summed E-state index contributed by atoms with van der Waals surface area (Å²) in [5, 5.41) is 0. The average Bonchev–Trinajstić information content (AvgIpc) is 2.47. The Morgan fingerprint density at radius 1 is 1.16 bits per heavy atom. The van der Waals surface area contributed by atoms with Crippen molar-refractivity contribution in [2.75, 3.05) is 6.61 Å². The van der Waals surface area contributed by atoms with Crippen molar-refractivity contribution in [2.24, 2.45) is 5.73 Å². The van der Waals surface area contributed by atoms with Crippen molar-refractivity contribution in [1.82, 2.24) is 0 Å². The predicted molar refractivity (Wildman–Crippen MR) is 78.3 cm³/mol. The lowest BCUT2D eigenvalue weighted by Gasteiger charge is -2.20. The zero-order chi connectivity index (χ0) is 13.2. The Morgan fingerprint density at radius 3 is 2.84 bits per heavy atom. The second-order valence-corrected chi connectivity index (χ2v) is 5.16. The molecule has 3 rings (SSSR count). The standard InChI is InChI=1S/C17H19NO/c1-12(18)14-6-2-7-15(11-14)16-9-3-5-13-8-4-10-19-17(13)16/h2-3,5-7,9,11-12H,4,8,10,18H2,1H3. The van der Waals surface area contributed by atoms with Gasteiger partial charge in [0.1, 0.15) is 5.75 Å². The van der Waals surface area contributed by atoms with E-state index in [2.05, 4.69) is 42.5 Å². The first-order chi connectivity index (χ1) is 9.25. The number of fused-ring (bicyclic) bond motifs is 1. The molecule has 2 N–H and O–H groups in total. The molecule has 1 atom stereocenters. The van der Waals surface area contributed by atoms with E-state index in [1.807, 2.05) is 6.92 Å². The fraction of sp³-hybridized carbons (Fsp3) is 0.294. The Hall–Kier alpha value is -1.80. The van der Waals surface area contributed by atoms with E-state index >= 15 is 0 Å². The lowest BCUT2D eigenvalue weighted by molar-refractivity contribution is 0.289. The lowest BCUT2D eigenvalue weighted by atomic mass is 9.95. The van der Waals surface area contributed by atoms with E-state index in [4.69, 9.17) is 10.5 Å².